The third kappa shape index (κ3) is 4.46. The van der Waals surface area contributed by atoms with Crippen LogP contribution < -0.4 is 4.74 Å². The molecule has 7 heteroatoms. The van der Waals surface area contributed by atoms with Crippen molar-refractivity contribution >= 4 is 15.9 Å². The molecule has 2 aromatic rings. The summed E-state index contributed by atoms with van der Waals surface area (Å²) in [5.41, 5.74) is 1.59. The van der Waals surface area contributed by atoms with Crippen LogP contribution in [0.1, 0.15) is 42.1 Å². The Morgan fingerprint density at radius 2 is 1.83 bits per heavy atom. The van der Waals surface area contributed by atoms with E-state index < -0.39 is 10.0 Å². The highest BCUT2D eigenvalue weighted by Gasteiger charge is 2.29. The molecule has 0 saturated carbocycles. The molecule has 0 radical (unpaired) electrons. The fourth-order valence-electron chi connectivity index (χ4n) is 3.78. The molecule has 1 saturated heterocycles. The summed E-state index contributed by atoms with van der Waals surface area (Å²) >= 11 is 0. The summed E-state index contributed by atoms with van der Waals surface area (Å²) in [5.74, 6) is 0.955. The van der Waals surface area contributed by atoms with Crippen LogP contribution in [-0.2, 0) is 10.0 Å². The Morgan fingerprint density at radius 1 is 1.14 bits per heavy atom. The lowest BCUT2D eigenvalue weighted by Gasteiger charge is -2.20. The summed E-state index contributed by atoms with van der Waals surface area (Å²) in [6.45, 7) is 5.68. The van der Waals surface area contributed by atoms with Gasteiger partial charge >= 0.3 is 0 Å². The zero-order valence-electron chi connectivity index (χ0n) is 17.2. The maximum Gasteiger partial charge on any atom is 0.253 e. The summed E-state index contributed by atoms with van der Waals surface area (Å²) < 4.78 is 32.1. The average Bonchev–Trinajstić information content (AvgIpc) is 3.24. The summed E-state index contributed by atoms with van der Waals surface area (Å²) in [5, 5.41) is 0. The molecule has 0 bridgehead atoms. The number of hydrogen-bond donors (Lipinski definition) is 0. The first-order chi connectivity index (χ1) is 13.9. The van der Waals surface area contributed by atoms with Crippen LogP contribution in [0.5, 0.6) is 5.75 Å². The van der Waals surface area contributed by atoms with Crippen molar-refractivity contribution < 1.29 is 17.9 Å². The number of rotatable bonds is 7. The van der Waals surface area contributed by atoms with Gasteiger partial charge in [-0.3, -0.25) is 4.79 Å². The van der Waals surface area contributed by atoms with Gasteiger partial charge in [-0.25, -0.2) is 8.42 Å². The van der Waals surface area contributed by atoms with Crippen molar-refractivity contribution in [2.45, 2.75) is 31.1 Å². The van der Waals surface area contributed by atoms with E-state index in [1.807, 2.05) is 24.3 Å². The van der Waals surface area contributed by atoms with E-state index in [1.54, 1.807) is 44.1 Å². The minimum absolute atomic E-state index is 0.127. The van der Waals surface area contributed by atoms with E-state index in [0.29, 0.717) is 31.7 Å². The van der Waals surface area contributed by atoms with Crippen molar-refractivity contribution in [3.05, 3.63) is 59.7 Å². The highest BCUT2D eigenvalue weighted by atomic mass is 32.2. The van der Waals surface area contributed by atoms with Gasteiger partial charge in [0.15, 0.2) is 0 Å². The first-order valence-electron chi connectivity index (χ1n) is 9.94. The normalized spacial score (nSPS) is 17.0. The molecule has 0 aliphatic carbocycles. The van der Waals surface area contributed by atoms with Crippen LogP contribution in [0.4, 0.5) is 0 Å². The van der Waals surface area contributed by atoms with Gasteiger partial charge in [0, 0.05) is 37.7 Å². The highest BCUT2D eigenvalue weighted by molar-refractivity contribution is 7.89. The van der Waals surface area contributed by atoms with Crippen molar-refractivity contribution in [2.75, 3.05) is 33.3 Å². The summed E-state index contributed by atoms with van der Waals surface area (Å²) in [6.07, 6.45) is 0.884. The number of carbonyl (C=O) groups excluding carboxylic acids is 1. The van der Waals surface area contributed by atoms with Gasteiger partial charge in [-0.05, 0) is 42.3 Å². The topological polar surface area (TPSA) is 66.9 Å². The Hall–Kier alpha value is -2.38. The van der Waals surface area contributed by atoms with Crippen molar-refractivity contribution in [1.82, 2.24) is 9.21 Å². The second-order valence-electron chi connectivity index (χ2n) is 7.13. The van der Waals surface area contributed by atoms with Crippen LogP contribution in [0.2, 0.25) is 0 Å². The second kappa shape index (κ2) is 8.97. The van der Waals surface area contributed by atoms with Crippen molar-refractivity contribution in [3.63, 3.8) is 0 Å². The number of likely N-dealkylation sites (tertiary alicyclic amines) is 1. The van der Waals surface area contributed by atoms with Crippen LogP contribution in [-0.4, -0.2) is 56.8 Å². The maximum atomic E-state index is 13.0. The predicted molar refractivity (Wildman–Crippen MR) is 113 cm³/mol. The van der Waals surface area contributed by atoms with E-state index in [0.717, 1.165) is 12.2 Å². The lowest BCUT2D eigenvalue weighted by molar-refractivity contribution is 0.0790. The standard InChI is InChI=1S/C22H28N2O4S/c1-4-24(5-2)29(26,27)21-8-6-7-18(15-21)22(25)23-14-13-19(16-23)17-9-11-20(28-3)12-10-17/h6-12,15,19H,4-5,13-14,16H2,1-3H3. The van der Waals surface area contributed by atoms with Crippen LogP contribution in [0.3, 0.4) is 0 Å². The summed E-state index contributed by atoms with van der Waals surface area (Å²) in [4.78, 5) is 15.0. The molecule has 29 heavy (non-hydrogen) atoms. The molecule has 1 amide bonds. The highest BCUT2D eigenvalue weighted by Crippen LogP contribution is 2.29. The first kappa shape index (κ1) is 21.3. The molecule has 1 aliphatic heterocycles. The van der Waals surface area contributed by atoms with Gasteiger partial charge in [0.1, 0.15) is 5.75 Å². The largest absolute Gasteiger partial charge is 0.497 e. The Morgan fingerprint density at radius 3 is 2.45 bits per heavy atom. The Balaban J connectivity index is 1.76. The third-order valence-electron chi connectivity index (χ3n) is 5.49. The van der Waals surface area contributed by atoms with Crippen LogP contribution in [0, 0.1) is 0 Å². The van der Waals surface area contributed by atoms with E-state index in [4.69, 9.17) is 4.74 Å². The quantitative estimate of drug-likeness (QED) is 0.694. The van der Waals surface area contributed by atoms with Gasteiger partial charge in [-0.1, -0.05) is 32.0 Å². The van der Waals surface area contributed by atoms with Crippen LogP contribution in [0.15, 0.2) is 53.4 Å². The molecule has 0 aromatic heterocycles. The molecule has 6 nitrogen and oxygen atoms in total. The third-order valence-corrected chi connectivity index (χ3v) is 7.53. The van der Waals surface area contributed by atoms with Crippen LogP contribution >= 0.6 is 0 Å². The number of carbonyl (C=O) groups is 1. The maximum absolute atomic E-state index is 13.0. The molecule has 1 unspecified atom stereocenters. The molecule has 2 aromatic carbocycles. The molecule has 1 aliphatic rings. The molecule has 0 spiro atoms. The Labute approximate surface area is 173 Å². The summed E-state index contributed by atoms with van der Waals surface area (Å²) in [7, 11) is -1.95. The van der Waals surface area contributed by atoms with Gasteiger partial charge in [0.25, 0.3) is 5.91 Å². The van der Waals surface area contributed by atoms with Gasteiger partial charge in [0.2, 0.25) is 10.0 Å². The monoisotopic (exact) mass is 416 g/mol. The predicted octanol–water partition coefficient (Wildman–Crippen LogP) is 3.36. The fraction of sp³-hybridized carbons (Fsp3) is 0.409. The average molecular weight is 417 g/mol. The molecular formula is C22H28N2O4S. The van der Waals surface area contributed by atoms with Gasteiger partial charge in [-0.15, -0.1) is 0 Å². The van der Waals surface area contributed by atoms with E-state index in [1.165, 1.54) is 15.9 Å². The fourth-order valence-corrected chi connectivity index (χ4v) is 5.28. The van der Waals surface area contributed by atoms with Gasteiger partial charge in [-0.2, -0.15) is 4.31 Å². The van der Waals surface area contributed by atoms with E-state index in [-0.39, 0.29) is 16.7 Å². The zero-order valence-corrected chi connectivity index (χ0v) is 18.0. The Kier molecular flexibility index (Phi) is 6.59. The number of benzene rings is 2. The minimum atomic E-state index is -3.59. The molecule has 1 fully saturated rings. The number of hydrogen-bond acceptors (Lipinski definition) is 4. The number of nitrogens with zero attached hydrogens (tertiary/aromatic N) is 2. The van der Waals surface area contributed by atoms with Crippen molar-refractivity contribution in [3.8, 4) is 5.75 Å². The summed E-state index contributed by atoms with van der Waals surface area (Å²) in [6, 6.07) is 14.3. The minimum Gasteiger partial charge on any atom is -0.497 e. The number of ether oxygens (including phenoxy) is 1. The SMILES string of the molecule is CCN(CC)S(=O)(=O)c1cccc(C(=O)N2CCC(c3ccc(OC)cc3)C2)c1. The zero-order chi connectivity index (χ0) is 21.0. The van der Waals surface area contributed by atoms with Gasteiger partial charge < -0.3 is 9.64 Å². The smallest absolute Gasteiger partial charge is 0.253 e. The number of sulfonamides is 1. The molecule has 156 valence electrons. The number of methoxy groups -OCH3 is 1. The molecular weight excluding hydrogens is 388 g/mol. The Bertz CT molecular complexity index is 953. The van der Waals surface area contributed by atoms with Gasteiger partial charge in [0.05, 0.1) is 12.0 Å². The molecule has 1 atom stereocenters. The lowest BCUT2D eigenvalue weighted by Crippen LogP contribution is -2.31. The van der Waals surface area contributed by atoms with Crippen LogP contribution in [0.25, 0.3) is 0 Å². The van der Waals surface area contributed by atoms with E-state index >= 15 is 0 Å². The first-order valence-corrected chi connectivity index (χ1v) is 11.4. The van der Waals surface area contributed by atoms with Crippen molar-refractivity contribution in [1.29, 1.82) is 0 Å². The molecule has 0 N–H and O–H groups in total. The molecule has 1 heterocycles. The number of amides is 1. The molecule has 3 rings (SSSR count). The lowest BCUT2D eigenvalue weighted by atomic mass is 9.98. The second-order valence-corrected chi connectivity index (χ2v) is 9.07. The van der Waals surface area contributed by atoms with E-state index in [2.05, 4.69) is 0 Å². The van der Waals surface area contributed by atoms with E-state index in [9.17, 15) is 13.2 Å². The van der Waals surface area contributed by atoms with Crippen molar-refractivity contribution in [2.24, 2.45) is 0 Å².